The minimum absolute atomic E-state index is 0.131. The number of aliphatic imine (C=N–C) groups is 1. The summed E-state index contributed by atoms with van der Waals surface area (Å²) in [6.45, 7) is 1.49. The molecule has 0 fully saturated rings. The van der Waals surface area contributed by atoms with E-state index in [1.54, 1.807) is 56.4 Å². The van der Waals surface area contributed by atoms with Gasteiger partial charge in [-0.25, -0.2) is 18.4 Å². The van der Waals surface area contributed by atoms with Gasteiger partial charge in [-0.2, -0.15) is 23.1 Å². The van der Waals surface area contributed by atoms with Crippen LogP contribution in [0.25, 0.3) is 17.0 Å². The Bertz CT molecular complexity index is 1490. The van der Waals surface area contributed by atoms with Gasteiger partial charge >= 0.3 is 6.18 Å². The third-order valence-corrected chi connectivity index (χ3v) is 6.69. The van der Waals surface area contributed by atoms with Gasteiger partial charge in [0.2, 0.25) is 0 Å². The summed E-state index contributed by atoms with van der Waals surface area (Å²) < 4.78 is 66.1. The zero-order valence-corrected chi connectivity index (χ0v) is 20.0. The van der Waals surface area contributed by atoms with Crippen LogP contribution in [0.1, 0.15) is 11.4 Å². The second-order valence-corrected chi connectivity index (χ2v) is 9.08. The number of hydrogen-bond acceptors (Lipinski definition) is 8. The van der Waals surface area contributed by atoms with Crippen molar-refractivity contribution < 1.29 is 21.6 Å². The molecular weight excluding hydrogens is 495 g/mol. The highest BCUT2D eigenvalue weighted by atomic mass is 32.2. The third kappa shape index (κ3) is 4.48. The average Bonchev–Trinajstić information content (AvgIpc) is 3.38. The van der Waals surface area contributed by atoms with E-state index in [9.17, 15) is 26.9 Å². The molecule has 186 valence electrons. The highest BCUT2D eigenvalue weighted by Crippen LogP contribution is 2.40. The first-order valence-electron chi connectivity index (χ1n) is 10.6. The maximum atomic E-state index is 14.1. The van der Waals surface area contributed by atoms with Crippen molar-refractivity contribution in [2.45, 2.75) is 18.5 Å². The Hall–Kier alpha value is -4.02. The summed E-state index contributed by atoms with van der Waals surface area (Å²) in [6, 6.07) is 14.8. The summed E-state index contributed by atoms with van der Waals surface area (Å²) in [4.78, 5) is 9.89. The Morgan fingerprint density at radius 2 is 1.92 bits per heavy atom. The number of nitriles is 1. The lowest BCUT2D eigenvalue weighted by atomic mass is 10.1. The van der Waals surface area contributed by atoms with Crippen molar-refractivity contribution in [3.63, 3.8) is 0 Å². The number of nitrogens with zero attached hydrogens (tertiary/aromatic N) is 6. The molecule has 2 heterocycles. The van der Waals surface area contributed by atoms with Crippen LogP contribution in [-0.4, -0.2) is 54.2 Å². The summed E-state index contributed by atoms with van der Waals surface area (Å²) in [7, 11) is -1.28. The van der Waals surface area contributed by atoms with Crippen molar-refractivity contribution in [2.75, 3.05) is 18.5 Å². The lowest BCUT2D eigenvalue weighted by molar-refractivity contribution is -0.0854. The molecule has 1 aliphatic rings. The van der Waals surface area contributed by atoms with E-state index in [1.165, 1.54) is 17.0 Å². The number of aromatic nitrogens is 3. The van der Waals surface area contributed by atoms with Crippen molar-refractivity contribution in [1.82, 2.24) is 14.8 Å². The first kappa shape index (κ1) is 25.1. The number of thiol groups is 1. The van der Waals surface area contributed by atoms with E-state index in [4.69, 9.17) is 5.73 Å². The van der Waals surface area contributed by atoms with Gasteiger partial charge in [-0.05, 0) is 30.7 Å². The molecule has 4 rings (SSSR count). The number of hydrogen-bond donors (Lipinski definition) is 2. The summed E-state index contributed by atoms with van der Waals surface area (Å²) in [5.41, 5.74) is 5.38. The molecule has 0 aliphatic carbocycles. The molecule has 0 saturated carbocycles. The Morgan fingerprint density at radius 3 is 2.47 bits per heavy atom. The van der Waals surface area contributed by atoms with Crippen LogP contribution in [0, 0.1) is 18.3 Å². The fraction of sp³-hybridized carbons (Fsp3) is 0.217. The van der Waals surface area contributed by atoms with Gasteiger partial charge in [-0.15, -0.1) is 5.10 Å². The smallest absolute Gasteiger partial charge is 0.357 e. The minimum Gasteiger partial charge on any atom is -0.357 e. The number of allylic oxidation sites excluding steroid dienone is 2. The zero-order chi connectivity index (χ0) is 26.2. The maximum Gasteiger partial charge on any atom is 0.421 e. The van der Waals surface area contributed by atoms with Crippen LogP contribution in [0.3, 0.4) is 0 Å². The van der Waals surface area contributed by atoms with E-state index < -0.39 is 39.2 Å². The second kappa shape index (κ2) is 9.56. The third-order valence-electron chi connectivity index (χ3n) is 5.65. The van der Waals surface area contributed by atoms with Crippen LogP contribution < -0.4 is 10.6 Å². The van der Waals surface area contributed by atoms with E-state index in [-0.39, 0.29) is 23.9 Å². The first-order valence-corrected chi connectivity index (χ1v) is 11.8. The fourth-order valence-electron chi connectivity index (χ4n) is 3.79. The van der Waals surface area contributed by atoms with Gasteiger partial charge in [-0.3, -0.25) is 0 Å². The molecule has 1 aromatic heterocycles. The van der Waals surface area contributed by atoms with E-state index in [0.29, 0.717) is 16.8 Å². The summed E-state index contributed by atoms with van der Waals surface area (Å²) in [6.07, 6.45) is -4.89. The van der Waals surface area contributed by atoms with Gasteiger partial charge in [0.05, 0.1) is 5.69 Å². The molecule has 0 radical (unpaired) electrons. The molecule has 13 heteroatoms. The van der Waals surface area contributed by atoms with Crippen molar-refractivity contribution in [3.8, 4) is 17.5 Å². The van der Waals surface area contributed by atoms with E-state index in [2.05, 4.69) is 15.1 Å². The molecule has 0 amide bonds. The predicted octanol–water partition coefficient (Wildman–Crippen LogP) is 3.02. The number of anilines is 1. The lowest BCUT2D eigenvalue weighted by Crippen LogP contribution is -2.39. The van der Waals surface area contributed by atoms with Crippen LogP contribution in [0.4, 0.5) is 24.5 Å². The molecule has 2 N–H and O–H groups in total. The molecule has 0 spiro atoms. The second-order valence-electron chi connectivity index (χ2n) is 7.92. The van der Waals surface area contributed by atoms with Crippen molar-refractivity contribution in [2.24, 2.45) is 10.7 Å². The molecule has 1 atom stereocenters. The lowest BCUT2D eigenvalue weighted by Gasteiger charge is -2.25. The minimum atomic E-state index is -4.89. The van der Waals surface area contributed by atoms with Crippen molar-refractivity contribution >= 4 is 33.5 Å². The first-order chi connectivity index (χ1) is 17.1. The summed E-state index contributed by atoms with van der Waals surface area (Å²) >= 11 is 0. The van der Waals surface area contributed by atoms with Crippen molar-refractivity contribution in [1.29, 1.82) is 5.26 Å². The van der Waals surface area contributed by atoms with Crippen LogP contribution in [-0.2, 0) is 10.7 Å². The molecular formula is C23H20F3N7O2S. The number of rotatable bonds is 6. The van der Waals surface area contributed by atoms with Gasteiger partial charge < -0.3 is 10.6 Å². The predicted molar refractivity (Wildman–Crippen MR) is 129 cm³/mol. The number of nitrogens with two attached hydrogens (primary N) is 1. The monoisotopic (exact) mass is 515 g/mol. The fourth-order valence-corrected chi connectivity index (χ4v) is 4.38. The number of likely N-dealkylation sites (N-methyl/N-ethyl adjacent to an activating group) is 1. The van der Waals surface area contributed by atoms with Crippen LogP contribution in [0.2, 0.25) is 0 Å². The Labute approximate surface area is 206 Å². The van der Waals surface area contributed by atoms with Gasteiger partial charge in [0.1, 0.15) is 22.6 Å². The standard InChI is InChI=1S/C23H20F3N7O2S/c1-13-10-15(32(2)18(12-28)36(34)35)8-9-17(13)29-22-19(23(24,25)26)16(11-27)21-30-20(31-33(21)22)14-6-4-3-5-7-14/h3-10,18,36H,12,28H2,1-2H3/b29-22+. The molecule has 0 saturated heterocycles. The molecule has 2 aromatic carbocycles. The molecule has 1 unspecified atom stereocenters. The SMILES string of the molecule is Cc1cc(N(C)C(CN)[SH](=O)=O)ccc1/N=C1\C(C(F)(F)F)=C(C#N)c2nc(-c3ccccc3)nn21. The largest absolute Gasteiger partial charge is 0.421 e. The Balaban J connectivity index is 1.85. The molecule has 9 nitrogen and oxygen atoms in total. The Morgan fingerprint density at radius 1 is 1.22 bits per heavy atom. The maximum absolute atomic E-state index is 14.1. The molecule has 36 heavy (non-hydrogen) atoms. The van der Waals surface area contributed by atoms with Crippen molar-refractivity contribution in [3.05, 3.63) is 65.5 Å². The number of aryl methyl sites for hydroxylation is 1. The van der Waals surface area contributed by atoms with E-state index >= 15 is 0 Å². The molecule has 1 aliphatic heterocycles. The van der Waals surface area contributed by atoms with Crippen LogP contribution >= 0.6 is 0 Å². The molecule has 0 bridgehead atoms. The number of halogens is 3. The molecule has 3 aromatic rings. The average molecular weight is 516 g/mol. The van der Waals surface area contributed by atoms with Crippen LogP contribution in [0.5, 0.6) is 0 Å². The summed E-state index contributed by atoms with van der Waals surface area (Å²) in [5.74, 6) is -0.669. The number of fused-ring (bicyclic) bond motifs is 1. The quantitative estimate of drug-likeness (QED) is 0.483. The normalized spacial score (nSPS) is 15.3. The van der Waals surface area contributed by atoms with Gasteiger partial charge in [0, 0.05) is 24.8 Å². The highest BCUT2D eigenvalue weighted by Gasteiger charge is 2.47. The van der Waals surface area contributed by atoms with Crippen LogP contribution in [0.15, 0.2) is 59.1 Å². The van der Waals surface area contributed by atoms with Gasteiger partial charge in [0.15, 0.2) is 28.2 Å². The van der Waals surface area contributed by atoms with Gasteiger partial charge in [0.25, 0.3) is 0 Å². The topological polar surface area (TPSA) is 130 Å². The Kier molecular flexibility index (Phi) is 6.66. The number of alkyl halides is 3. The highest BCUT2D eigenvalue weighted by molar-refractivity contribution is 7.73. The zero-order valence-electron chi connectivity index (χ0n) is 19.1. The van der Waals surface area contributed by atoms with E-state index in [1.807, 2.05) is 0 Å². The summed E-state index contributed by atoms with van der Waals surface area (Å²) in [5, 5.41) is 12.8. The number of benzene rings is 2. The van der Waals surface area contributed by atoms with Gasteiger partial charge in [-0.1, -0.05) is 30.3 Å². The van der Waals surface area contributed by atoms with E-state index in [0.717, 1.165) is 4.68 Å².